The summed E-state index contributed by atoms with van der Waals surface area (Å²) in [5.41, 5.74) is -1.09. The van der Waals surface area contributed by atoms with Crippen LogP contribution in [0.1, 0.15) is 17.5 Å². The normalized spacial score (nSPS) is 11.7. The molecule has 0 aliphatic heterocycles. The predicted octanol–water partition coefficient (Wildman–Crippen LogP) is 4.77. The molecule has 4 rings (SSSR count). The summed E-state index contributed by atoms with van der Waals surface area (Å²) in [6.07, 6.45) is 0.342. The van der Waals surface area contributed by atoms with Gasteiger partial charge in [-0.3, -0.25) is 4.79 Å². The molecule has 35 heavy (non-hydrogen) atoms. The van der Waals surface area contributed by atoms with E-state index in [9.17, 15) is 18.0 Å². The van der Waals surface area contributed by atoms with Crippen molar-refractivity contribution in [3.63, 3.8) is 0 Å². The summed E-state index contributed by atoms with van der Waals surface area (Å²) in [6, 6.07) is 26.5. The molecule has 0 bridgehead atoms. The molecule has 0 radical (unpaired) electrons. The maximum atomic E-state index is 12.3. The third-order valence-electron chi connectivity index (χ3n) is 5.26. The first-order valence-corrected chi connectivity index (χ1v) is 11.9. The number of hydrogen-bond donors (Lipinski definition) is 0. The Bertz CT molecular complexity index is 1380. The topological polar surface area (TPSA) is 87.4 Å². The molecule has 0 amide bonds. The van der Waals surface area contributed by atoms with Crippen molar-refractivity contribution in [1.29, 1.82) is 0 Å². The summed E-state index contributed by atoms with van der Waals surface area (Å²) in [5.74, 6) is -0.180. The Morgan fingerprint density at radius 2 is 1.34 bits per heavy atom. The van der Waals surface area contributed by atoms with E-state index < -0.39 is 15.6 Å². The van der Waals surface area contributed by atoms with Crippen molar-refractivity contribution < 1.29 is 40.2 Å². The molecular formula is C25H22F3NO5S. The molecule has 0 fully saturated rings. The molecule has 0 spiro atoms. The van der Waals surface area contributed by atoms with E-state index in [0.717, 1.165) is 16.6 Å². The number of nitrogens with zero attached hydrogens (tertiary/aromatic N) is 1. The van der Waals surface area contributed by atoms with Crippen molar-refractivity contribution in [2.45, 2.75) is 32.0 Å². The van der Waals surface area contributed by atoms with Gasteiger partial charge in [-0.15, -0.1) is 0 Å². The van der Waals surface area contributed by atoms with Crippen LogP contribution >= 0.6 is 0 Å². The van der Waals surface area contributed by atoms with Gasteiger partial charge in [0, 0.05) is 22.9 Å². The van der Waals surface area contributed by atoms with E-state index in [1.165, 1.54) is 16.3 Å². The number of fused-ring (bicyclic) bond motifs is 2. The highest BCUT2D eigenvalue weighted by Crippen LogP contribution is 2.24. The van der Waals surface area contributed by atoms with E-state index in [1.54, 1.807) is 0 Å². The number of pyridine rings is 1. The number of aryl methyl sites for hydroxylation is 2. The first kappa shape index (κ1) is 26.1. The van der Waals surface area contributed by atoms with Crippen molar-refractivity contribution in [3.05, 3.63) is 90.0 Å². The Hall–Kier alpha value is -3.50. The standard InChI is InChI=1S/C24H22NO2.CHF3O3S/c1-18-20-11-5-7-13-22(20)25(23-14-8-6-12-21(18)23)16-15-24(26)27-17-19-9-3-2-4-10-19;2-1(3,4)8(5,6)7/h2-14H,15-17H2,1H3;(H,5,6,7)/q+1;/p-1. The number of benzene rings is 3. The van der Waals surface area contributed by atoms with E-state index in [0.29, 0.717) is 19.6 Å². The van der Waals surface area contributed by atoms with Crippen LogP contribution in [0, 0.1) is 6.92 Å². The Morgan fingerprint density at radius 3 is 1.83 bits per heavy atom. The van der Waals surface area contributed by atoms with E-state index in [1.807, 2.05) is 42.5 Å². The molecule has 6 nitrogen and oxygen atoms in total. The molecule has 0 atom stereocenters. The molecule has 0 N–H and O–H groups in total. The van der Waals surface area contributed by atoms with E-state index >= 15 is 0 Å². The molecule has 0 saturated heterocycles. The Labute approximate surface area is 200 Å². The zero-order valence-corrected chi connectivity index (χ0v) is 19.5. The lowest BCUT2D eigenvalue weighted by molar-refractivity contribution is -0.644. The van der Waals surface area contributed by atoms with Crippen LogP contribution < -0.4 is 4.57 Å². The summed E-state index contributed by atoms with van der Waals surface area (Å²) < 4.78 is 66.6. The lowest BCUT2D eigenvalue weighted by Gasteiger charge is -2.09. The largest absolute Gasteiger partial charge is 0.741 e. The summed E-state index contributed by atoms with van der Waals surface area (Å²) in [7, 11) is -6.09. The lowest BCUT2D eigenvalue weighted by atomic mass is 10.0. The second-order valence-corrected chi connectivity index (χ2v) is 8.98. The summed E-state index contributed by atoms with van der Waals surface area (Å²) in [5, 5.41) is 2.43. The van der Waals surface area contributed by atoms with Crippen molar-refractivity contribution >= 4 is 37.9 Å². The number of carbonyl (C=O) groups excluding carboxylic acids is 1. The smallest absolute Gasteiger partial charge is 0.485 e. The van der Waals surface area contributed by atoms with Crippen molar-refractivity contribution in [3.8, 4) is 0 Å². The SMILES string of the molecule is Cc1c2ccccc2[n+](CCC(=O)OCc2ccccc2)c2ccccc12.O=S(=O)([O-])C(F)(F)F. The number of hydrogen-bond acceptors (Lipinski definition) is 5. The van der Waals surface area contributed by atoms with Crippen LogP contribution in [0.4, 0.5) is 13.2 Å². The first-order valence-electron chi connectivity index (χ1n) is 10.5. The second-order valence-electron chi connectivity index (χ2n) is 7.61. The average Bonchev–Trinajstić information content (AvgIpc) is 2.82. The van der Waals surface area contributed by atoms with Crippen LogP contribution in [-0.2, 0) is 32.8 Å². The van der Waals surface area contributed by atoms with Gasteiger partial charge in [-0.25, -0.2) is 8.42 Å². The quantitative estimate of drug-likeness (QED) is 0.128. The monoisotopic (exact) mass is 505 g/mol. The van der Waals surface area contributed by atoms with Gasteiger partial charge in [-0.1, -0.05) is 54.6 Å². The molecule has 4 aromatic rings. The van der Waals surface area contributed by atoms with Crippen LogP contribution in [0.3, 0.4) is 0 Å². The Kier molecular flexibility index (Phi) is 8.08. The highest BCUT2D eigenvalue weighted by atomic mass is 32.2. The molecule has 1 aromatic heterocycles. The average molecular weight is 506 g/mol. The van der Waals surface area contributed by atoms with Crippen molar-refractivity contribution in [2.75, 3.05) is 0 Å². The lowest BCUT2D eigenvalue weighted by Crippen LogP contribution is -2.37. The fourth-order valence-corrected chi connectivity index (χ4v) is 3.58. The number of esters is 1. The number of alkyl halides is 3. The maximum Gasteiger partial charge on any atom is 0.485 e. The van der Waals surface area contributed by atoms with E-state index in [-0.39, 0.29) is 5.97 Å². The molecule has 0 aliphatic carbocycles. The number of ether oxygens (including phenoxy) is 1. The number of rotatable bonds is 5. The predicted molar refractivity (Wildman–Crippen MR) is 123 cm³/mol. The Morgan fingerprint density at radius 1 is 0.886 bits per heavy atom. The van der Waals surface area contributed by atoms with Gasteiger partial charge < -0.3 is 9.29 Å². The van der Waals surface area contributed by atoms with Crippen LogP contribution in [0.25, 0.3) is 21.8 Å². The van der Waals surface area contributed by atoms with Gasteiger partial charge in [-0.2, -0.15) is 17.7 Å². The van der Waals surface area contributed by atoms with Gasteiger partial charge in [0.05, 0.1) is 0 Å². The van der Waals surface area contributed by atoms with Gasteiger partial charge >= 0.3 is 11.5 Å². The van der Waals surface area contributed by atoms with Crippen molar-refractivity contribution in [2.24, 2.45) is 0 Å². The Balaban J connectivity index is 0.000000371. The van der Waals surface area contributed by atoms with Gasteiger partial charge in [0.25, 0.3) is 0 Å². The summed E-state index contributed by atoms with van der Waals surface area (Å²) in [6.45, 7) is 3.07. The van der Waals surface area contributed by atoms with Gasteiger partial charge in [0.2, 0.25) is 11.0 Å². The first-order chi connectivity index (χ1) is 16.5. The van der Waals surface area contributed by atoms with Crippen LogP contribution in [0.2, 0.25) is 0 Å². The van der Waals surface area contributed by atoms with Crippen LogP contribution in [0.15, 0.2) is 78.9 Å². The fourth-order valence-electron chi connectivity index (χ4n) is 3.58. The minimum atomic E-state index is -6.09. The number of carbonyl (C=O) groups is 1. The molecule has 0 saturated carbocycles. The minimum Gasteiger partial charge on any atom is -0.741 e. The highest BCUT2D eigenvalue weighted by molar-refractivity contribution is 7.86. The van der Waals surface area contributed by atoms with Crippen LogP contribution in [-0.4, -0.2) is 24.4 Å². The maximum absolute atomic E-state index is 12.3. The summed E-state index contributed by atoms with van der Waals surface area (Å²) in [4.78, 5) is 12.3. The third-order valence-corrected chi connectivity index (χ3v) is 5.83. The minimum absolute atomic E-state index is 0.180. The van der Waals surface area contributed by atoms with Gasteiger partial charge in [0.1, 0.15) is 13.0 Å². The number of halogens is 3. The second kappa shape index (κ2) is 10.8. The molecule has 0 unspecified atom stereocenters. The van der Waals surface area contributed by atoms with E-state index in [2.05, 4.69) is 47.9 Å². The molecular weight excluding hydrogens is 483 g/mol. The zero-order chi connectivity index (χ0) is 25.6. The highest BCUT2D eigenvalue weighted by Gasteiger charge is 2.36. The number of aromatic nitrogens is 1. The summed E-state index contributed by atoms with van der Waals surface area (Å²) >= 11 is 0. The fraction of sp³-hybridized carbons (Fsp3) is 0.200. The van der Waals surface area contributed by atoms with Gasteiger partial charge in [0.15, 0.2) is 16.7 Å². The van der Waals surface area contributed by atoms with E-state index in [4.69, 9.17) is 17.7 Å². The zero-order valence-electron chi connectivity index (χ0n) is 18.7. The van der Waals surface area contributed by atoms with Crippen molar-refractivity contribution in [1.82, 2.24) is 0 Å². The molecule has 10 heteroatoms. The molecule has 1 heterocycles. The molecule has 3 aromatic carbocycles. The number of para-hydroxylation sites is 2. The van der Waals surface area contributed by atoms with Gasteiger partial charge in [-0.05, 0) is 30.2 Å². The molecule has 0 aliphatic rings. The molecule has 184 valence electrons. The van der Waals surface area contributed by atoms with Crippen LogP contribution in [0.5, 0.6) is 0 Å². The third kappa shape index (κ3) is 6.55.